The Kier molecular flexibility index (Phi) is 28.2. The molecule has 0 saturated carbocycles. The fraction of sp³-hybridized carbons (Fsp3) is 0.365. The molecule has 4 nitrogen and oxygen atoms in total. The lowest BCUT2D eigenvalue weighted by Gasteiger charge is -2.21. The van der Waals surface area contributed by atoms with Gasteiger partial charge in [-0.15, -0.1) is 35.3 Å². The molecule has 342 valence electrons. The third-order valence-corrected chi connectivity index (χ3v) is 13.3. The van der Waals surface area contributed by atoms with Crippen molar-refractivity contribution in [3.05, 3.63) is 158 Å². The molecule has 0 aliphatic heterocycles. The molecule has 1 unspecified atom stereocenters. The number of Topliss-reactive ketones (excluding diaryl/α,β-unsaturated/α-hetero) is 1. The smallest absolute Gasteiger partial charge is 0.186 e. The Labute approximate surface area is 391 Å². The highest BCUT2D eigenvalue weighted by molar-refractivity contribution is 7.99. The number of aryl methyl sites for hydroxylation is 1. The molecule has 0 aromatic heterocycles. The van der Waals surface area contributed by atoms with E-state index in [4.69, 9.17) is 9.69 Å². The van der Waals surface area contributed by atoms with E-state index in [0.29, 0.717) is 27.2 Å². The summed E-state index contributed by atoms with van der Waals surface area (Å²) in [7, 11) is -1.65. The Hall–Kier alpha value is -4.05. The summed E-state index contributed by atoms with van der Waals surface area (Å²) < 4.78 is 46.3. The van der Waals surface area contributed by atoms with Crippen LogP contribution in [0.25, 0.3) is 0 Å². The minimum absolute atomic E-state index is 0.0180. The van der Waals surface area contributed by atoms with E-state index in [1.807, 2.05) is 143 Å². The van der Waals surface area contributed by atoms with Crippen LogP contribution in [-0.4, -0.2) is 39.2 Å². The van der Waals surface area contributed by atoms with Crippen LogP contribution in [0.4, 0.5) is 13.2 Å². The molecule has 5 aromatic carbocycles. The van der Waals surface area contributed by atoms with Crippen LogP contribution >= 0.6 is 35.3 Å². The number of ketones is 1. The summed E-state index contributed by atoms with van der Waals surface area (Å²) in [5, 5.41) is 8.99. The molecular formula is C52H68F3NO3S3Si. The van der Waals surface area contributed by atoms with Gasteiger partial charge >= 0.3 is 0 Å². The molecule has 0 radical (unpaired) electrons. The molecule has 0 bridgehead atoms. The number of thioether (sulfide) groups is 3. The monoisotopic (exact) mass is 935 g/mol. The van der Waals surface area contributed by atoms with Gasteiger partial charge in [-0.3, -0.25) is 9.59 Å². The van der Waals surface area contributed by atoms with Crippen molar-refractivity contribution in [3.8, 4) is 6.07 Å². The first-order valence-corrected chi connectivity index (χ1v) is 28.0. The van der Waals surface area contributed by atoms with Crippen LogP contribution in [0.15, 0.2) is 93.5 Å². The minimum Gasteiger partial charge on any atom is -0.399 e. The summed E-state index contributed by atoms with van der Waals surface area (Å²) in [4.78, 5) is 24.8. The molecule has 63 heavy (non-hydrogen) atoms. The number of halogens is 3. The Balaban J connectivity index is 0.000000807. The predicted octanol–water partition coefficient (Wildman–Crippen LogP) is 16.2. The van der Waals surface area contributed by atoms with Gasteiger partial charge in [-0.2, -0.15) is 5.26 Å². The van der Waals surface area contributed by atoms with Crippen molar-refractivity contribution >= 4 is 55.7 Å². The number of carbonyl (C=O) groups is 2. The van der Waals surface area contributed by atoms with Gasteiger partial charge in [0.05, 0.1) is 6.07 Å². The molecule has 0 heterocycles. The highest BCUT2D eigenvalue weighted by Crippen LogP contribution is 2.31. The van der Waals surface area contributed by atoms with E-state index in [-0.39, 0.29) is 29.7 Å². The number of benzene rings is 5. The number of hydrogen-bond donors (Lipinski definition) is 0. The maximum atomic E-state index is 14.0. The minimum atomic E-state index is -1.65. The van der Waals surface area contributed by atoms with Gasteiger partial charge in [0.1, 0.15) is 23.7 Å². The second-order valence-electron chi connectivity index (χ2n) is 14.7. The van der Waals surface area contributed by atoms with Crippen molar-refractivity contribution in [2.24, 2.45) is 0 Å². The Morgan fingerprint density at radius 1 is 0.651 bits per heavy atom. The van der Waals surface area contributed by atoms with Crippen molar-refractivity contribution in [3.63, 3.8) is 0 Å². The maximum Gasteiger partial charge on any atom is 0.186 e. The zero-order valence-electron chi connectivity index (χ0n) is 40.4. The van der Waals surface area contributed by atoms with Crippen molar-refractivity contribution in [1.29, 1.82) is 5.26 Å². The van der Waals surface area contributed by atoms with Crippen LogP contribution in [-0.2, 0) is 10.8 Å². The lowest BCUT2D eigenvalue weighted by molar-refractivity contribution is 0.0992. The molecule has 0 spiro atoms. The third-order valence-electron chi connectivity index (χ3n) is 9.67. The average molecular weight is 936 g/mol. The highest BCUT2D eigenvalue weighted by Gasteiger charge is 2.22. The largest absolute Gasteiger partial charge is 0.399 e. The number of carbonyl (C=O) groups excluding carboxylic acids is 2. The van der Waals surface area contributed by atoms with E-state index in [2.05, 4.69) is 25.7 Å². The first kappa shape index (κ1) is 58.9. The SMILES string of the molecule is CC.CC.CSc1c(F)cc(C)c(C)c1C.CSc1c(F)cc(C=O)c(C)c1C.CSc1c(F)cc(CC(=O)c2ccccc2)c(C)c1C.C[Si](C)(C)OC(C#N)c1ccccc1. The molecule has 11 heteroatoms. The lowest BCUT2D eigenvalue weighted by Crippen LogP contribution is -2.27. The van der Waals surface area contributed by atoms with E-state index in [1.165, 1.54) is 53.0 Å². The number of rotatable bonds is 10. The number of nitrogens with zero attached hydrogens (tertiary/aromatic N) is 1. The number of hydrogen-bond acceptors (Lipinski definition) is 7. The molecule has 5 aromatic rings. The van der Waals surface area contributed by atoms with Gasteiger partial charge in [-0.1, -0.05) is 88.4 Å². The zero-order chi connectivity index (χ0) is 48.6. The van der Waals surface area contributed by atoms with E-state index in [9.17, 15) is 22.8 Å². The normalized spacial score (nSPS) is 10.6. The molecule has 0 aliphatic carbocycles. The molecule has 0 saturated heterocycles. The average Bonchev–Trinajstić information content (AvgIpc) is 3.28. The fourth-order valence-electron chi connectivity index (χ4n) is 5.91. The second kappa shape index (κ2) is 30.2. The molecule has 0 aliphatic rings. The van der Waals surface area contributed by atoms with Crippen LogP contribution in [0.1, 0.15) is 105 Å². The van der Waals surface area contributed by atoms with E-state index in [1.54, 1.807) is 18.2 Å². The van der Waals surface area contributed by atoms with E-state index >= 15 is 0 Å². The van der Waals surface area contributed by atoms with Gasteiger partial charge in [0.2, 0.25) is 0 Å². The highest BCUT2D eigenvalue weighted by atomic mass is 32.2. The van der Waals surface area contributed by atoms with Crippen LogP contribution in [0.3, 0.4) is 0 Å². The first-order valence-electron chi connectivity index (χ1n) is 20.9. The maximum absolute atomic E-state index is 14.0. The van der Waals surface area contributed by atoms with Gasteiger partial charge in [-0.25, -0.2) is 13.2 Å². The molecule has 1 atom stereocenters. The Morgan fingerprint density at radius 2 is 1.06 bits per heavy atom. The van der Waals surface area contributed by atoms with Crippen molar-refractivity contribution in [1.82, 2.24) is 0 Å². The summed E-state index contributed by atoms with van der Waals surface area (Å²) in [5.41, 5.74) is 9.75. The predicted molar refractivity (Wildman–Crippen MR) is 269 cm³/mol. The molecule has 0 fully saturated rings. The fourth-order valence-corrected chi connectivity index (χ4v) is 8.95. The second-order valence-corrected chi connectivity index (χ2v) is 21.6. The third kappa shape index (κ3) is 18.5. The van der Waals surface area contributed by atoms with Gasteiger partial charge in [0.25, 0.3) is 0 Å². The molecule has 0 amide bonds. The number of aldehydes is 1. The van der Waals surface area contributed by atoms with Gasteiger partial charge < -0.3 is 4.43 Å². The van der Waals surface area contributed by atoms with Crippen molar-refractivity contribution < 1.29 is 27.2 Å². The van der Waals surface area contributed by atoms with E-state index in [0.717, 1.165) is 49.4 Å². The quantitative estimate of drug-likeness (QED) is 0.0598. The van der Waals surface area contributed by atoms with Gasteiger partial charge in [-0.05, 0) is 155 Å². The molecule has 5 rings (SSSR count). The van der Waals surface area contributed by atoms with Crippen molar-refractivity contribution in [2.45, 2.75) is 123 Å². The molecule has 0 N–H and O–H groups in total. The standard InChI is InChI=1S/C17H17FOS.C11H15NOSi.C10H11FOS.C10H13FS.2C2H6/c1-11-12(2)17(20-3)15(18)9-14(11)10-16(19)13-7-5-4-6-8-13;1-14(2,3)13-11(9-12)10-7-5-4-6-8-10;1-6-7(2)10(13-3)9(11)4-8(6)5-12;1-6-5-9(11)10(12-4)8(3)7(6)2;2*1-2/h4-9H,10H2,1-3H3;4-8,11H,1-3H3;4-5H,1-3H3;5H,1-4H3;2*1-2H3. The Morgan fingerprint density at radius 3 is 1.49 bits per heavy atom. The van der Waals surface area contributed by atoms with Crippen molar-refractivity contribution in [2.75, 3.05) is 18.8 Å². The van der Waals surface area contributed by atoms with Gasteiger partial charge in [0, 0.05) is 32.2 Å². The number of nitriles is 1. The first-order chi connectivity index (χ1) is 29.8. The van der Waals surface area contributed by atoms with Crippen LogP contribution in [0.2, 0.25) is 19.6 Å². The summed E-state index contributed by atoms with van der Waals surface area (Å²) in [6, 6.07) is 25.3. The lowest BCUT2D eigenvalue weighted by atomic mass is 9.96. The summed E-state index contributed by atoms with van der Waals surface area (Å²) in [6.45, 7) is 27.7. The van der Waals surface area contributed by atoms with Crippen LogP contribution in [0, 0.1) is 77.2 Å². The van der Waals surface area contributed by atoms with Crippen LogP contribution < -0.4 is 0 Å². The Bertz CT molecular complexity index is 2240. The van der Waals surface area contributed by atoms with Gasteiger partial charge in [0.15, 0.2) is 20.2 Å². The summed E-state index contributed by atoms with van der Waals surface area (Å²) >= 11 is 4.23. The summed E-state index contributed by atoms with van der Waals surface area (Å²) in [6.07, 6.45) is 6.10. The van der Waals surface area contributed by atoms with E-state index < -0.39 is 14.4 Å². The molecular weight excluding hydrogens is 868 g/mol. The zero-order valence-corrected chi connectivity index (χ0v) is 43.8. The summed E-state index contributed by atoms with van der Waals surface area (Å²) in [5.74, 6) is -0.623. The van der Waals surface area contributed by atoms with Crippen LogP contribution in [0.5, 0.6) is 0 Å². The topological polar surface area (TPSA) is 67.2 Å².